The quantitative estimate of drug-likeness (QED) is 0.520. The van der Waals surface area contributed by atoms with Crippen molar-refractivity contribution in [2.24, 2.45) is 7.05 Å². The fraction of sp³-hybridized carbons (Fsp3) is 0.211. The van der Waals surface area contributed by atoms with E-state index in [0.29, 0.717) is 0 Å². The molecule has 132 valence electrons. The van der Waals surface area contributed by atoms with Crippen LogP contribution >= 0.6 is 11.8 Å². The van der Waals surface area contributed by atoms with Gasteiger partial charge in [0.15, 0.2) is 5.16 Å². The van der Waals surface area contributed by atoms with E-state index in [1.807, 2.05) is 49.0 Å². The highest BCUT2D eigenvalue weighted by Gasteiger charge is 2.13. The number of imidazole rings is 1. The van der Waals surface area contributed by atoms with Crippen LogP contribution in [0.4, 0.5) is 0 Å². The molecule has 26 heavy (non-hydrogen) atoms. The van der Waals surface area contributed by atoms with Gasteiger partial charge in [-0.05, 0) is 43.2 Å². The Morgan fingerprint density at radius 1 is 1.19 bits per heavy atom. The molecule has 3 heterocycles. The summed E-state index contributed by atoms with van der Waals surface area (Å²) in [4.78, 5) is 12.8. The minimum atomic E-state index is -0.0607. The first-order valence-electron chi connectivity index (χ1n) is 8.35. The number of fused-ring (bicyclic) bond motifs is 1. The van der Waals surface area contributed by atoms with Gasteiger partial charge in [-0.1, -0.05) is 30.0 Å². The van der Waals surface area contributed by atoms with E-state index >= 15 is 0 Å². The summed E-state index contributed by atoms with van der Waals surface area (Å²) in [6, 6.07) is 12.0. The van der Waals surface area contributed by atoms with Crippen molar-refractivity contribution >= 4 is 17.3 Å². The van der Waals surface area contributed by atoms with E-state index in [2.05, 4.69) is 29.3 Å². The van der Waals surface area contributed by atoms with Crippen molar-refractivity contribution in [3.05, 3.63) is 76.7 Å². The number of hydrogen-bond donors (Lipinski definition) is 0. The van der Waals surface area contributed by atoms with Crippen molar-refractivity contribution in [3.63, 3.8) is 0 Å². The van der Waals surface area contributed by atoms with Gasteiger partial charge in [-0.15, -0.1) is 10.2 Å². The SMILES string of the molecule is Cc1cccn2c(=O)n(-c3cccc([C@H](C)Sc4nncn4C)c3)cc12. The smallest absolute Gasteiger partial charge is 0.312 e. The number of benzene rings is 1. The summed E-state index contributed by atoms with van der Waals surface area (Å²) in [6.07, 6.45) is 5.40. The highest BCUT2D eigenvalue weighted by atomic mass is 32.2. The Hall–Kier alpha value is -2.80. The van der Waals surface area contributed by atoms with Crippen LogP contribution in [0.3, 0.4) is 0 Å². The molecule has 0 bridgehead atoms. The van der Waals surface area contributed by atoms with E-state index in [-0.39, 0.29) is 10.9 Å². The maximum atomic E-state index is 12.8. The number of rotatable bonds is 4. The fourth-order valence-electron chi connectivity index (χ4n) is 2.97. The number of thioether (sulfide) groups is 1. The van der Waals surface area contributed by atoms with Gasteiger partial charge in [0.2, 0.25) is 0 Å². The van der Waals surface area contributed by atoms with Gasteiger partial charge < -0.3 is 4.57 Å². The number of aryl methyl sites for hydroxylation is 2. The van der Waals surface area contributed by atoms with E-state index in [9.17, 15) is 4.79 Å². The van der Waals surface area contributed by atoms with Crippen molar-refractivity contribution < 1.29 is 0 Å². The molecule has 0 saturated carbocycles. The van der Waals surface area contributed by atoms with Crippen molar-refractivity contribution in [3.8, 4) is 5.69 Å². The summed E-state index contributed by atoms with van der Waals surface area (Å²) < 4.78 is 5.28. The van der Waals surface area contributed by atoms with Crippen LogP contribution in [0.5, 0.6) is 0 Å². The lowest BCUT2D eigenvalue weighted by atomic mass is 10.1. The zero-order valence-electron chi connectivity index (χ0n) is 14.8. The van der Waals surface area contributed by atoms with Crippen LogP contribution in [-0.4, -0.2) is 23.7 Å². The number of aromatic nitrogens is 5. The second kappa shape index (κ2) is 6.49. The molecule has 4 aromatic rings. The van der Waals surface area contributed by atoms with Gasteiger partial charge in [0.05, 0.1) is 11.2 Å². The molecule has 0 N–H and O–H groups in total. The number of nitrogens with zero attached hydrogens (tertiary/aromatic N) is 5. The van der Waals surface area contributed by atoms with Crippen LogP contribution in [0.1, 0.15) is 23.3 Å². The van der Waals surface area contributed by atoms with E-state index < -0.39 is 0 Å². The summed E-state index contributed by atoms with van der Waals surface area (Å²) in [5.41, 5.74) is 3.93. The first kappa shape index (κ1) is 16.7. The Labute approximate surface area is 155 Å². The molecule has 6 nitrogen and oxygen atoms in total. The van der Waals surface area contributed by atoms with E-state index in [4.69, 9.17) is 0 Å². The van der Waals surface area contributed by atoms with Crippen LogP contribution < -0.4 is 5.69 Å². The third-order valence-corrected chi connectivity index (χ3v) is 5.68. The first-order chi connectivity index (χ1) is 12.5. The largest absolute Gasteiger partial charge is 0.337 e. The Morgan fingerprint density at radius 2 is 2.04 bits per heavy atom. The lowest BCUT2D eigenvalue weighted by Crippen LogP contribution is -2.18. The molecule has 1 aromatic carbocycles. The fourth-order valence-corrected chi connectivity index (χ4v) is 3.88. The number of hydrogen-bond acceptors (Lipinski definition) is 4. The van der Waals surface area contributed by atoms with Gasteiger partial charge in [-0.3, -0.25) is 8.97 Å². The molecule has 0 unspecified atom stereocenters. The van der Waals surface area contributed by atoms with Crippen molar-refractivity contribution in [2.75, 3.05) is 0 Å². The second-order valence-corrected chi connectivity index (χ2v) is 7.62. The first-order valence-corrected chi connectivity index (χ1v) is 9.23. The van der Waals surface area contributed by atoms with Crippen molar-refractivity contribution in [1.82, 2.24) is 23.7 Å². The maximum Gasteiger partial charge on any atom is 0.337 e. The second-order valence-electron chi connectivity index (χ2n) is 6.31. The summed E-state index contributed by atoms with van der Waals surface area (Å²) in [5.74, 6) is 0. The molecule has 0 aliphatic rings. The average Bonchev–Trinajstić information content (AvgIpc) is 3.20. The summed E-state index contributed by atoms with van der Waals surface area (Å²) in [6.45, 7) is 4.14. The molecular weight excluding hydrogens is 346 g/mol. The molecule has 0 fully saturated rings. The third kappa shape index (κ3) is 2.84. The van der Waals surface area contributed by atoms with E-state index in [1.165, 1.54) is 0 Å². The molecule has 0 aliphatic carbocycles. The maximum absolute atomic E-state index is 12.8. The van der Waals surface area contributed by atoms with Crippen LogP contribution in [0, 0.1) is 6.92 Å². The standard InChI is InChI=1S/C19H19N5OS/c1-13-6-5-9-23-17(13)11-24(19(23)25)16-8-4-7-15(10-16)14(2)26-18-21-20-12-22(18)3/h4-12,14H,1-3H3/t14-/m0/s1. The predicted octanol–water partition coefficient (Wildman–Crippen LogP) is 3.38. The molecule has 1 atom stereocenters. The Bertz CT molecular complexity index is 1140. The zero-order chi connectivity index (χ0) is 18.3. The van der Waals surface area contributed by atoms with Crippen molar-refractivity contribution in [2.45, 2.75) is 24.3 Å². The zero-order valence-corrected chi connectivity index (χ0v) is 15.6. The molecule has 0 radical (unpaired) electrons. The van der Waals surface area contributed by atoms with Crippen LogP contribution in [0.25, 0.3) is 11.2 Å². The van der Waals surface area contributed by atoms with E-state index in [0.717, 1.165) is 27.5 Å². The van der Waals surface area contributed by atoms with Crippen LogP contribution in [0.2, 0.25) is 0 Å². The minimum Gasteiger partial charge on any atom is -0.312 e. The van der Waals surface area contributed by atoms with Crippen molar-refractivity contribution in [1.29, 1.82) is 0 Å². The Balaban J connectivity index is 1.72. The predicted molar refractivity (Wildman–Crippen MR) is 103 cm³/mol. The molecule has 4 rings (SSSR count). The summed E-state index contributed by atoms with van der Waals surface area (Å²) >= 11 is 1.64. The van der Waals surface area contributed by atoms with Gasteiger partial charge in [-0.25, -0.2) is 4.79 Å². The summed E-state index contributed by atoms with van der Waals surface area (Å²) in [5, 5.41) is 9.11. The average molecular weight is 365 g/mol. The third-order valence-electron chi connectivity index (χ3n) is 4.48. The van der Waals surface area contributed by atoms with E-state index in [1.54, 1.807) is 33.3 Å². The Morgan fingerprint density at radius 3 is 2.77 bits per heavy atom. The highest BCUT2D eigenvalue weighted by Crippen LogP contribution is 2.33. The molecule has 3 aromatic heterocycles. The normalized spacial score (nSPS) is 12.6. The van der Waals surface area contributed by atoms with Crippen LogP contribution in [-0.2, 0) is 7.05 Å². The Kier molecular flexibility index (Phi) is 4.16. The van der Waals surface area contributed by atoms with Gasteiger partial charge in [0, 0.05) is 24.7 Å². The van der Waals surface area contributed by atoms with Gasteiger partial charge in [0.1, 0.15) is 6.33 Å². The lowest BCUT2D eigenvalue weighted by molar-refractivity contribution is 0.785. The van der Waals surface area contributed by atoms with Gasteiger partial charge in [0.25, 0.3) is 0 Å². The minimum absolute atomic E-state index is 0.0607. The topological polar surface area (TPSA) is 57.1 Å². The molecule has 0 aliphatic heterocycles. The molecule has 0 spiro atoms. The molecule has 7 heteroatoms. The van der Waals surface area contributed by atoms with Gasteiger partial charge in [-0.2, -0.15) is 0 Å². The summed E-state index contributed by atoms with van der Waals surface area (Å²) in [7, 11) is 1.93. The molecular formula is C19H19N5OS. The van der Waals surface area contributed by atoms with Gasteiger partial charge >= 0.3 is 5.69 Å². The molecule has 0 amide bonds. The van der Waals surface area contributed by atoms with Crippen LogP contribution in [0.15, 0.2) is 65.1 Å². The number of pyridine rings is 1. The lowest BCUT2D eigenvalue weighted by Gasteiger charge is -2.12. The molecule has 0 saturated heterocycles. The monoisotopic (exact) mass is 365 g/mol. The highest BCUT2D eigenvalue weighted by molar-refractivity contribution is 7.99.